The largest absolute Gasteiger partial charge is 0.497 e. The van der Waals surface area contributed by atoms with Gasteiger partial charge in [0.2, 0.25) is 0 Å². The summed E-state index contributed by atoms with van der Waals surface area (Å²) in [6.45, 7) is 0. The second-order valence-electron chi connectivity index (χ2n) is 5.88. The van der Waals surface area contributed by atoms with E-state index in [9.17, 15) is 4.79 Å². The van der Waals surface area contributed by atoms with Crippen LogP contribution in [0.5, 0.6) is 5.75 Å². The summed E-state index contributed by atoms with van der Waals surface area (Å²) in [6, 6.07) is 7.98. The van der Waals surface area contributed by atoms with Crippen LogP contribution in [0, 0.1) is 0 Å². The number of thiazole rings is 1. The number of methoxy groups -OCH3 is 1. The summed E-state index contributed by atoms with van der Waals surface area (Å²) in [6.07, 6.45) is 7.88. The zero-order valence-corrected chi connectivity index (χ0v) is 15.0. The molecule has 23 heavy (non-hydrogen) atoms. The second kappa shape index (κ2) is 6.60. The Kier molecular flexibility index (Phi) is 4.72. The van der Waals surface area contributed by atoms with Crippen molar-refractivity contribution >= 4 is 28.0 Å². The smallest absolute Gasteiger partial charge is 0.137 e. The van der Waals surface area contributed by atoms with Crippen molar-refractivity contribution in [2.24, 2.45) is 0 Å². The van der Waals surface area contributed by atoms with E-state index in [1.54, 1.807) is 18.4 Å². The Hall–Kier alpha value is -1.41. The van der Waals surface area contributed by atoms with Gasteiger partial charge in [-0.15, -0.1) is 21.7 Å². The molecule has 0 bridgehead atoms. The Labute approximate surface area is 142 Å². The summed E-state index contributed by atoms with van der Waals surface area (Å²) >= 11 is 1.67. The summed E-state index contributed by atoms with van der Waals surface area (Å²) < 4.78 is 12.2. The van der Waals surface area contributed by atoms with E-state index >= 15 is 0 Å². The van der Waals surface area contributed by atoms with E-state index in [2.05, 4.69) is 26.9 Å². The SMILES string of the molecule is COc1ccc(-c2cnc(C3CC(C=O)NS(C)(C)N3)s2)cc1. The van der Waals surface area contributed by atoms with Gasteiger partial charge in [0, 0.05) is 6.20 Å². The van der Waals surface area contributed by atoms with E-state index in [1.807, 2.05) is 30.5 Å². The number of carbonyl (C=O) groups is 1. The van der Waals surface area contributed by atoms with Gasteiger partial charge >= 0.3 is 0 Å². The van der Waals surface area contributed by atoms with Gasteiger partial charge in [-0.1, -0.05) is 0 Å². The van der Waals surface area contributed by atoms with Gasteiger partial charge in [-0.2, -0.15) is 0 Å². The molecule has 1 aromatic carbocycles. The van der Waals surface area contributed by atoms with Gasteiger partial charge < -0.3 is 9.53 Å². The Morgan fingerprint density at radius 1 is 1.30 bits per heavy atom. The fraction of sp³-hybridized carbons (Fsp3) is 0.375. The van der Waals surface area contributed by atoms with Gasteiger partial charge in [0.05, 0.1) is 24.1 Å². The molecule has 0 saturated carbocycles. The number of aromatic nitrogens is 1. The molecule has 0 spiro atoms. The molecule has 3 rings (SSSR count). The number of carbonyl (C=O) groups excluding carboxylic acids is 1. The second-order valence-corrected chi connectivity index (χ2v) is 10.1. The number of rotatable bonds is 4. The van der Waals surface area contributed by atoms with Crippen molar-refractivity contribution in [1.82, 2.24) is 14.4 Å². The fourth-order valence-electron chi connectivity index (χ4n) is 2.69. The first-order valence-electron chi connectivity index (χ1n) is 7.34. The lowest BCUT2D eigenvalue weighted by molar-refractivity contribution is -0.109. The number of nitrogens with zero attached hydrogens (tertiary/aromatic N) is 1. The van der Waals surface area contributed by atoms with Crippen LogP contribution in [-0.2, 0) is 4.79 Å². The minimum Gasteiger partial charge on any atom is -0.497 e. The molecule has 0 amide bonds. The van der Waals surface area contributed by atoms with Crippen LogP contribution in [0.15, 0.2) is 30.5 Å². The fourth-order valence-corrected chi connectivity index (χ4v) is 5.65. The first-order valence-corrected chi connectivity index (χ1v) is 10.6. The molecule has 2 aromatic rings. The van der Waals surface area contributed by atoms with Crippen molar-refractivity contribution in [3.63, 3.8) is 0 Å². The topological polar surface area (TPSA) is 63.2 Å². The average Bonchev–Trinajstić information content (AvgIpc) is 3.03. The van der Waals surface area contributed by atoms with Crippen LogP contribution >= 0.6 is 21.7 Å². The molecule has 1 saturated heterocycles. The summed E-state index contributed by atoms with van der Waals surface area (Å²) in [5.41, 5.74) is 1.13. The lowest BCUT2D eigenvalue weighted by atomic mass is 10.1. The zero-order chi connectivity index (χ0) is 16.4. The number of benzene rings is 1. The molecule has 2 heterocycles. The van der Waals surface area contributed by atoms with Crippen LogP contribution in [0.4, 0.5) is 0 Å². The van der Waals surface area contributed by atoms with Crippen LogP contribution in [0.3, 0.4) is 0 Å². The molecule has 1 aliphatic rings. The van der Waals surface area contributed by atoms with Crippen LogP contribution < -0.4 is 14.2 Å². The van der Waals surface area contributed by atoms with E-state index < -0.39 is 10.4 Å². The summed E-state index contributed by atoms with van der Waals surface area (Å²) in [5, 5.41) is 1.03. The number of hydrogen-bond donors (Lipinski definition) is 2. The maximum atomic E-state index is 11.2. The van der Waals surface area contributed by atoms with Crippen LogP contribution in [-0.4, -0.2) is 36.9 Å². The van der Waals surface area contributed by atoms with E-state index in [-0.39, 0.29) is 12.1 Å². The van der Waals surface area contributed by atoms with Crippen molar-refractivity contribution in [1.29, 1.82) is 0 Å². The standard InChI is InChI=1S/C16H21N3O2S2/c1-21-13-6-4-11(5-7-13)15-9-17-16(22-15)14-8-12(10-20)18-23(2,3)19-14/h4-7,9-10,12,14,18-19H,8H2,1-3H3. The maximum absolute atomic E-state index is 11.2. The van der Waals surface area contributed by atoms with Gasteiger partial charge in [-0.05, 0) is 48.8 Å². The Balaban J connectivity index is 1.81. The average molecular weight is 351 g/mol. The highest BCUT2D eigenvalue weighted by atomic mass is 32.3. The van der Waals surface area contributed by atoms with Crippen molar-refractivity contribution in [2.75, 3.05) is 19.6 Å². The molecule has 2 N–H and O–H groups in total. The lowest BCUT2D eigenvalue weighted by Crippen LogP contribution is -2.47. The quantitative estimate of drug-likeness (QED) is 0.829. The van der Waals surface area contributed by atoms with Gasteiger partial charge in [0.1, 0.15) is 17.0 Å². The van der Waals surface area contributed by atoms with Crippen LogP contribution in [0.1, 0.15) is 17.5 Å². The first kappa shape index (κ1) is 16.4. The number of nitrogens with one attached hydrogen (secondary N) is 2. The summed E-state index contributed by atoms with van der Waals surface area (Å²) in [7, 11) is 0.476. The molecule has 2 unspecified atom stereocenters. The molecular weight excluding hydrogens is 330 g/mol. The van der Waals surface area contributed by atoms with Crippen LogP contribution in [0.25, 0.3) is 10.4 Å². The van der Waals surface area contributed by atoms with Gasteiger partial charge in [0.25, 0.3) is 0 Å². The summed E-state index contributed by atoms with van der Waals surface area (Å²) in [5.74, 6) is 0.845. The number of aldehydes is 1. The van der Waals surface area contributed by atoms with Gasteiger partial charge in [0.15, 0.2) is 0 Å². The van der Waals surface area contributed by atoms with E-state index in [4.69, 9.17) is 4.74 Å². The number of ether oxygens (including phenoxy) is 1. The summed E-state index contributed by atoms with van der Waals surface area (Å²) in [4.78, 5) is 16.9. The third-order valence-corrected chi connectivity index (χ3v) is 6.66. The highest BCUT2D eigenvalue weighted by molar-refractivity contribution is 8.29. The van der Waals surface area contributed by atoms with E-state index in [1.165, 1.54) is 0 Å². The molecule has 124 valence electrons. The third kappa shape index (κ3) is 3.74. The highest BCUT2D eigenvalue weighted by Crippen LogP contribution is 2.42. The predicted octanol–water partition coefficient (Wildman–Crippen LogP) is 2.90. The minimum absolute atomic E-state index is 0.111. The molecule has 1 fully saturated rings. The van der Waals surface area contributed by atoms with Gasteiger partial charge in [-0.3, -0.25) is 9.44 Å². The van der Waals surface area contributed by atoms with Crippen molar-refractivity contribution in [3.8, 4) is 16.2 Å². The first-order chi connectivity index (χ1) is 11.0. The molecule has 2 atom stereocenters. The lowest BCUT2D eigenvalue weighted by Gasteiger charge is -2.44. The highest BCUT2D eigenvalue weighted by Gasteiger charge is 2.31. The molecule has 7 heteroatoms. The minimum atomic E-state index is -1.19. The van der Waals surface area contributed by atoms with Crippen molar-refractivity contribution < 1.29 is 9.53 Å². The number of hydrogen-bond acceptors (Lipinski definition) is 6. The molecule has 5 nitrogen and oxygen atoms in total. The third-order valence-electron chi connectivity index (χ3n) is 3.73. The molecule has 1 aliphatic heterocycles. The molecule has 0 radical (unpaired) electrons. The Morgan fingerprint density at radius 3 is 2.70 bits per heavy atom. The Morgan fingerprint density at radius 2 is 2.04 bits per heavy atom. The van der Waals surface area contributed by atoms with Crippen molar-refractivity contribution in [2.45, 2.75) is 18.5 Å². The molecule has 0 aliphatic carbocycles. The molecular formula is C16H21N3O2S2. The predicted molar refractivity (Wildman–Crippen MR) is 97.0 cm³/mol. The monoisotopic (exact) mass is 351 g/mol. The van der Waals surface area contributed by atoms with E-state index in [0.717, 1.165) is 33.9 Å². The van der Waals surface area contributed by atoms with Crippen molar-refractivity contribution in [3.05, 3.63) is 35.5 Å². The zero-order valence-electron chi connectivity index (χ0n) is 13.4. The Bertz CT molecular complexity index is 685. The van der Waals surface area contributed by atoms with E-state index in [0.29, 0.717) is 0 Å². The molecule has 1 aromatic heterocycles. The van der Waals surface area contributed by atoms with Crippen LogP contribution in [0.2, 0.25) is 0 Å². The normalized spacial score (nSPS) is 24.8. The maximum Gasteiger partial charge on any atom is 0.137 e. The van der Waals surface area contributed by atoms with Gasteiger partial charge in [-0.25, -0.2) is 4.98 Å².